The number of nitriles is 1. The highest BCUT2D eigenvalue weighted by Gasteiger charge is 2.15. The number of benzene rings is 4. The van der Waals surface area contributed by atoms with Crippen LogP contribution in [0.3, 0.4) is 0 Å². The van der Waals surface area contributed by atoms with Crippen molar-refractivity contribution in [2.45, 2.75) is 34.0 Å². The first-order valence-electron chi connectivity index (χ1n) is 13.2. The molecule has 0 unspecified atom stereocenters. The molecule has 4 aromatic rings. The van der Waals surface area contributed by atoms with Gasteiger partial charge in [0.1, 0.15) is 30.6 Å². The maximum atomic E-state index is 12.9. The number of nitrogens with one attached hydrogen (secondary N) is 1. The van der Waals surface area contributed by atoms with Crippen LogP contribution in [0.1, 0.15) is 34.7 Å². The number of hydrogen-bond donors (Lipinski definition) is 1. The van der Waals surface area contributed by atoms with Gasteiger partial charge in [-0.25, -0.2) is 0 Å². The van der Waals surface area contributed by atoms with Gasteiger partial charge in [0.2, 0.25) is 0 Å². The van der Waals surface area contributed by atoms with Crippen LogP contribution in [0, 0.1) is 28.7 Å². The average molecular weight is 659 g/mol. The van der Waals surface area contributed by atoms with Crippen molar-refractivity contribution >= 4 is 40.3 Å². The van der Waals surface area contributed by atoms with E-state index in [0.717, 1.165) is 14.7 Å². The van der Waals surface area contributed by atoms with E-state index >= 15 is 0 Å². The molecular weight excluding hydrogens is 627 g/mol. The SMILES string of the molecule is CCOc1cc(/C=C(\C#N)C(=O)Nc2ccc(OCc3ccccc3)cc2)cc(I)c1OCc1ccc(C)c(C)c1. The molecule has 0 heterocycles. The van der Waals surface area contributed by atoms with E-state index in [9.17, 15) is 10.1 Å². The van der Waals surface area contributed by atoms with Crippen molar-refractivity contribution in [2.75, 3.05) is 11.9 Å². The van der Waals surface area contributed by atoms with Crippen molar-refractivity contribution in [3.05, 3.63) is 122 Å². The summed E-state index contributed by atoms with van der Waals surface area (Å²) in [6.07, 6.45) is 1.55. The van der Waals surface area contributed by atoms with Crippen LogP contribution in [0.5, 0.6) is 17.2 Å². The van der Waals surface area contributed by atoms with Crippen LogP contribution in [0.15, 0.2) is 90.5 Å². The first kappa shape index (κ1) is 29.7. The first-order valence-corrected chi connectivity index (χ1v) is 14.3. The molecule has 0 bridgehead atoms. The van der Waals surface area contributed by atoms with Gasteiger partial charge < -0.3 is 19.5 Å². The van der Waals surface area contributed by atoms with E-state index in [4.69, 9.17) is 14.2 Å². The van der Waals surface area contributed by atoms with Gasteiger partial charge in [-0.1, -0.05) is 48.5 Å². The lowest BCUT2D eigenvalue weighted by Crippen LogP contribution is -2.13. The summed E-state index contributed by atoms with van der Waals surface area (Å²) in [6.45, 7) is 7.35. The van der Waals surface area contributed by atoms with E-state index in [0.29, 0.717) is 48.3 Å². The van der Waals surface area contributed by atoms with Crippen molar-refractivity contribution in [3.8, 4) is 23.3 Å². The molecule has 0 saturated carbocycles. The van der Waals surface area contributed by atoms with Crippen molar-refractivity contribution in [2.24, 2.45) is 0 Å². The maximum Gasteiger partial charge on any atom is 0.266 e. The number of halogens is 1. The van der Waals surface area contributed by atoms with Gasteiger partial charge in [-0.15, -0.1) is 0 Å². The van der Waals surface area contributed by atoms with Crippen molar-refractivity contribution in [3.63, 3.8) is 0 Å². The molecule has 4 rings (SSSR count). The van der Waals surface area contributed by atoms with Crippen LogP contribution in [0.25, 0.3) is 6.08 Å². The Kier molecular flexibility index (Phi) is 10.4. The zero-order chi connectivity index (χ0) is 29.2. The van der Waals surface area contributed by atoms with Gasteiger partial charge in [0, 0.05) is 5.69 Å². The lowest BCUT2D eigenvalue weighted by atomic mass is 10.1. The first-order chi connectivity index (χ1) is 19.9. The van der Waals surface area contributed by atoms with Crippen molar-refractivity contribution in [1.82, 2.24) is 0 Å². The molecule has 6 nitrogen and oxygen atoms in total. The minimum Gasteiger partial charge on any atom is -0.490 e. The van der Waals surface area contributed by atoms with E-state index < -0.39 is 5.91 Å². The summed E-state index contributed by atoms with van der Waals surface area (Å²) < 4.78 is 18.6. The van der Waals surface area contributed by atoms with Crippen molar-refractivity contribution in [1.29, 1.82) is 5.26 Å². The van der Waals surface area contributed by atoms with Crippen LogP contribution in [-0.2, 0) is 18.0 Å². The summed E-state index contributed by atoms with van der Waals surface area (Å²) in [5.74, 6) is 1.35. The number of ether oxygens (including phenoxy) is 3. The minimum atomic E-state index is -0.506. The Bertz CT molecular complexity index is 1580. The third-order valence-corrected chi connectivity index (χ3v) is 7.12. The maximum absolute atomic E-state index is 12.9. The fourth-order valence-electron chi connectivity index (χ4n) is 4.01. The summed E-state index contributed by atoms with van der Waals surface area (Å²) >= 11 is 2.18. The number of carbonyl (C=O) groups is 1. The molecule has 7 heteroatoms. The Morgan fingerprint density at radius 3 is 2.29 bits per heavy atom. The third kappa shape index (κ3) is 8.35. The van der Waals surface area contributed by atoms with E-state index in [2.05, 4.69) is 60.0 Å². The molecule has 4 aromatic carbocycles. The second kappa shape index (κ2) is 14.4. The Morgan fingerprint density at radius 2 is 1.61 bits per heavy atom. The zero-order valence-electron chi connectivity index (χ0n) is 23.2. The topological polar surface area (TPSA) is 80.6 Å². The largest absolute Gasteiger partial charge is 0.490 e. The molecule has 1 N–H and O–H groups in total. The van der Waals surface area contributed by atoms with Crippen LogP contribution < -0.4 is 19.5 Å². The second-order valence-corrected chi connectivity index (χ2v) is 10.6. The summed E-state index contributed by atoms with van der Waals surface area (Å²) in [5.41, 5.74) is 5.76. The molecule has 0 fully saturated rings. The zero-order valence-corrected chi connectivity index (χ0v) is 25.4. The van der Waals surface area contributed by atoms with E-state index in [-0.39, 0.29) is 5.57 Å². The minimum absolute atomic E-state index is 0.0311. The third-order valence-electron chi connectivity index (χ3n) is 6.32. The van der Waals surface area contributed by atoms with E-state index in [1.54, 1.807) is 36.4 Å². The number of anilines is 1. The van der Waals surface area contributed by atoms with E-state index in [1.807, 2.05) is 49.4 Å². The van der Waals surface area contributed by atoms with Crippen LogP contribution in [0.4, 0.5) is 5.69 Å². The molecule has 0 spiro atoms. The number of amides is 1. The Balaban J connectivity index is 1.45. The number of carbonyl (C=O) groups excluding carboxylic acids is 1. The summed E-state index contributed by atoms with van der Waals surface area (Å²) in [5, 5.41) is 12.5. The fourth-order valence-corrected chi connectivity index (χ4v) is 4.79. The van der Waals surface area contributed by atoms with Gasteiger partial charge in [-0.05, 0) is 114 Å². The Hall–Kier alpha value is -4.29. The molecule has 0 aromatic heterocycles. The highest BCUT2D eigenvalue weighted by atomic mass is 127. The molecule has 0 saturated heterocycles. The summed E-state index contributed by atoms with van der Waals surface area (Å²) in [4.78, 5) is 12.9. The molecular formula is C34H31IN2O4. The predicted octanol–water partition coefficient (Wildman–Crippen LogP) is 8.01. The van der Waals surface area contributed by atoms with Gasteiger partial charge >= 0.3 is 0 Å². The number of nitrogens with zero attached hydrogens (tertiary/aromatic N) is 1. The highest BCUT2D eigenvalue weighted by molar-refractivity contribution is 14.1. The molecule has 1 amide bonds. The predicted molar refractivity (Wildman–Crippen MR) is 170 cm³/mol. The van der Waals surface area contributed by atoms with Gasteiger partial charge in [0.05, 0.1) is 10.2 Å². The summed E-state index contributed by atoms with van der Waals surface area (Å²) in [6, 6.07) is 28.8. The Morgan fingerprint density at radius 1 is 0.878 bits per heavy atom. The van der Waals surface area contributed by atoms with E-state index in [1.165, 1.54) is 11.1 Å². The standard InChI is InChI=1S/C34H31IN2O4/c1-4-39-32-19-27(18-31(35)33(32)41-22-26-11-10-23(2)24(3)16-26)17-28(20-36)34(38)37-29-12-14-30(15-13-29)40-21-25-8-6-5-7-9-25/h5-19H,4,21-22H2,1-3H3,(H,37,38)/b28-17+. The Labute approximate surface area is 254 Å². The lowest BCUT2D eigenvalue weighted by molar-refractivity contribution is -0.112. The number of hydrogen-bond acceptors (Lipinski definition) is 5. The highest BCUT2D eigenvalue weighted by Crippen LogP contribution is 2.35. The average Bonchev–Trinajstić information content (AvgIpc) is 2.97. The number of rotatable bonds is 11. The van der Waals surface area contributed by atoms with Crippen LogP contribution in [-0.4, -0.2) is 12.5 Å². The second-order valence-electron chi connectivity index (χ2n) is 9.39. The normalized spacial score (nSPS) is 11.0. The molecule has 0 aliphatic carbocycles. The van der Waals surface area contributed by atoms with Gasteiger partial charge in [-0.3, -0.25) is 4.79 Å². The van der Waals surface area contributed by atoms with Crippen LogP contribution >= 0.6 is 22.6 Å². The molecule has 0 aliphatic rings. The number of aryl methyl sites for hydroxylation is 2. The van der Waals surface area contributed by atoms with Crippen LogP contribution in [0.2, 0.25) is 0 Å². The summed E-state index contributed by atoms with van der Waals surface area (Å²) in [7, 11) is 0. The molecule has 208 valence electrons. The molecule has 0 radical (unpaired) electrons. The van der Waals surface area contributed by atoms with Gasteiger partial charge in [0.15, 0.2) is 11.5 Å². The monoisotopic (exact) mass is 658 g/mol. The van der Waals surface area contributed by atoms with Gasteiger partial charge in [-0.2, -0.15) is 5.26 Å². The molecule has 41 heavy (non-hydrogen) atoms. The molecule has 0 atom stereocenters. The molecule has 0 aliphatic heterocycles. The van der Waals surface area contributed by atoms with Crippen molar-refractivity contribution < 1.29 is 19.0 Å². The smallest absolute Gasteiger partial charge is 0.266 e. The quantitative estimate of drug-likeness (QED) is 0.100. The fraction of sp³-hybridized carbons (Fsp3) is 0.176. The lowest BCUT2D eigenvalue weighted by Gasteiger charge is -2.15. The van der Waals surface area contributed by atoms with Gasteiger partial charge in [0.25, 0.3) is 5.91 Å².